The number of amides is 1. The van der Waals surface area contributed by atoms with E-state index in [-0.39, 0.29) is 11.9 Å². The lowest BCUT2D eigenvalue weighted by Gasteiger charge is -2.35. The van der Waals surface area contributed by atoms with Crippen molar-refractivity contribution in [2.75, 3.05) is 40.0 Å². The summed E-state index contributed by atoms with van der Waals surface area (Å²) < 4.78 is 10.8. The molecule has 1 aromatic carbocycles. The Kier molecular flexibility index (Phi) is 6.88. The molecule has 0 radical (unpaired) electrons. The molecule has 0 unspecified atom stereocenters. The smallest absolute Gasteiger partial charge is 0.261 e. The summed E-state index contributed by atoms with van der Waals surface area (Å²) in [6.07, 6.45) is 0.964. The van der Waals surface area contributed by atoms with Gasteiger partial charge in [-0.05, 0) is 42.7 Å². The molecular weight excluding hydrogens is 360 g/mol. The zero-order chi connectivity index (χ0) is 19.2. The summed E-state index contributed by atoms with van der Waals surface area (Å²) in [6.45, 7) is 7.95. The van der Waals surface area contributed by atoms with Crippen molar-refractivity contribution >= 4 is 17.2 Å². The fourth-order valence-corrected chi connectivity index (χ4v) is 4.46. The van der Waals surface area contributed by atoms with Crippen LogP contribution in [0.5, 0.6) is 5.75 Å². The fourth-order valence-electron chi connectivity index (χ4n) is 3.43. The molecule has 0 aliphatic carbocycles. The first kappa shape index (κ1) is 19.9. The number of methoxy groups -OCH3 is 1. The number of hydrogen-bond donors (Lipinski definition) is 1. The second-order valence-electron chi connectivity index (χ2n) is 6.72. The zero-order valence-electron chi connectivity index (χ0n) is 16.3. The number of carbonyl (C=O) groups excluding carboxylic acids is 1. The van der Waals surface area contributed by atoms with Crippen LogP contribution in [-0.2, 0) is 11.2 Å². The second kappa shape index (κ2) is 9.35. The van der Waals surface area contributed by atoms with Gasteiger partial charge in [-0.3, -0.25) is 9.69 Å². The van der Waals surface area contributed by atoms with Crippen LogP contribution in [0.1, 0.15) is 38.6 Å². The largest absolute Gasteiger partial charge is 0.497 e. The Morgan fingerprint density at radius 2 is 2.00 bits per heavy atom. The van der Waals surface area contributed by atoms with E-state index in [2.05, 4.69) is 36.2 Å². The molecule has 0 bridgehead atoms. The zero-order valence-corrected chi connectivity index (χ0v) is 17.1. The number of benzene rings is 1. The molecule has 1 N–H and O–H groups in total. The van der Waals surface area contributed by atoms with Gasteiger partial charge < -0.3 is 14.8 Å². The van der Waals surface area contributed by atoms with Gasteiger partial charge in [0.15, 0.2) is 0 Å². The summed E-state index contributed by atoms with van der Waals surface area (Å²) in [5.74, 6) is 0.847. The third-order valence-corrected chi connectivity index (χ3v) is 6.39. The maximum atomic E-state index is 12.7. The number of morpholine rings is 1. The fraction of sp³-hybridized carbons (Fsp3) is 0.476. The molecule has 1 saturated heterocycles. The van der Waals surface area contributed by atoms with Crippen molar-refractivity contribution in [3.05, 3.63) is 51.2 Å². The van der Waals surface area contributed by atoms with Crippen molar-refractivity contribution in [3.8, 4) is 5.75 Å². The predicted octanol–water partition coefficient (Wildman–Crippen LogP) is 3.43. The molecule has 3 rings (SSSR count). The molecule has 1 amide bonds. The molecule has 1 aliphatic heterocycles. The minimum atomic E-state index is 0.00886. The van der Waals surface area contributed by atoms with Crippen molar-refractivity contribution in [3.63, 3.8) is 0 Å². The summed E-state index contributed by atoms with van der Waals surface area (Å²) in [7, 11) is 1.67. The van der Waals surface area contributed by atoms with Crippen molar-refractivity contribution in [1.29, 1.82) is 0 Å². The van der Waals surface area contributed by atoms with Gasteiger partial charge in [0.2, 0.25) is 0 Å². The minimum absolute atomic E-state index is 0.00886. The van der Waals surface area contributed by atoms with Crippen LogP contribution in [0.25, 0.3) is 0 Å². The summed E-state index contributed by atoms with van der Waals surface area (Å²) in [6, 6.07) is 10.2. The molecule has 146 valence electrons. The first-order chi connectivity index (χ1) is 13.1. The van der Waals surface area contributed by atoms with Crippen LogP contribution >= 0.6 is 11.3 Å². The van der Waals surface area contributed by atoms with Gasteiger partial charge >= 0.3 is 0 Å². The molecule has 1 fully saturated rings. The molecule has 2 aromatic rings. The monoisotopic (exact) mass is 388 g/mol. The van der Waals surface area contributed by atoms with E-state index in [0.29, 0.717) is 6.54 Å². The van der Waals surface area contributed by atoms with Crippen LogP contribution in [0.3, 0.4) is 0 Å². The highest BCUT2D eigenvalue weighted by atomic mass is 32.1. The third kappa shape index (κ3) is 4.89. The van der Waals surface area contributed by atoms with Crippen molar-refractivity contribution in [2.45, 2.75) is 26.3 Å². The Bertz CT molecular complexity index is 751. The van der Waals surface area contributed by atoms with E-state index in [1.54, 1.807) is 18.4 Å². The van der Waals surface area contributed by atoms with Gasteiger partial charge in [-0.15, -0.1) is 11.3 Å². The number of ether oxygens (including phenoxy) is 2. The number of thiophene rings is 1. The summed E-state index contributed by atoms with van der Waals surface area (Å²) in [5.41, 5.74) is 2.38. The van der Waals surface area contributed by atoms with Crippen LogP contribution in [0.15, 0.2) is 30.3 Å². The first-order valence-corrected chi connectivity index (χ1v) is 10.3. The van der Waals surface area contributed by atoms with Crippen LogP contribution in [-0.4, -0.2) is 50.8 Å². The Morgan fingerprint density at radius 1 is 1.30 bits per heavy atom. The normalized spacial score (nSPS) is 16.1. The van der Waals surface area contributed by atoms with Crippen molar-refractivity contribution in [2.24, 2.45) is 0 Å². The lowest BCUT2D eigenvalue weighted by atomic mass is 10.0. The van der Waals surface area contributed by atoms with Gasteiger partial charge in [0, 0.05) is 24.5 Å². The highest BCUT2D eigenvalue weighted by Gasteiger charge is 2.24. The van der Waals surface area contributed by atoms with E-state index in [4.69, 9.17) is 9.47 Å². The Balaban J connectivity index is 1.72. The van der Waals surface area contributed by atoms with Crippen molar-refractivity contribution < 1.29 is 14.3 Å². The second-order valence-corrected chi connectivity index (χ2v) is 7.85. The van der Waals surface area contributed by atoms with E-state index in [0.717, 1.165) is 43.4 Å². The predicted molar refractivity (Wildman–Crippen MR) is 109 cm³/mol. The number of hydrogen-bond acceptors (Lipinski definition) is 5. The molecule has 5 nitrogen and oxygen atoms in total. The number of carbonyl (C=O) groups is 1. The van der Waals surface area contributed by atoms with Gasteiger partial charge in [-0.2, -0.15) is 0 Å². The summed E-state index contributed by atoms with van der Waals surface area (Å²) in [5, 5.41) is 3.15. The molecule has 0 saturated carbocycles. The lowest BCUT2D eigenvalue weighted by Crippen LogP contribution is -2.43. The topological polar surface area (TPSA) is 50.8 Å². The number of rotatable bonds is 7. The van der Waals surface area contributed by atoms with Crippen LogP contribution in [0, 0.1) is 6.92 Å². The maximum absolute atomic E-state index is 12.7. The van der Waals surface area contributed by atoms with Gasteiger partial charge in [0.05, 0.1) is 31.2 Å². The molecule has 6 heteroatoms. The lowest BCUT2D eigenvalue weighted by molar-refractivity contribution is 0.0162. The minimum Gasteiger partial charge on any atom is -0.497 e. The quantitative estimate of drug-likeness (QED) is 0.790. The van der Waals surface area contributed by atoms with Crippen LogP contribution in [0.2, 0.25) is 0 Å². The molecule has 27 heavy (non-hydrogen) atoms. The Morgan fingerprint density at radius 3 is 2.59 bits per heavy atom. The summed E-state index contributed by atoms with van der Waals surface area (Å²) >= 11 is 1.59. The number of aryl methyl sites for hydroxylation is 2. The standard InChI is InChI=1S/C21H28N2O3S/c1-4-19-15(2)13-20(27-19)21(24)22-14-18(23-9-11-26-12-10-23)16-5-7-17(25-3)8-6-16/h5-8,13,18H,4,9-12,14H2,1-3H3,(H,22,24)/t18-/m0/s1. The van der Waals surface area contributed by atoms with Gasteiger partial charge in [0.1, 0.15) is 5.75 Å². The van der Waals surface area contributed by atoms with E-state index in [9.17, 15) is 4.79 Å². The number of nitrogens with one attached hydrogen (secondary N) is 1. The van der Waals surface area contributed by atoms with Crippen LogP contribution < -0.4 is 10.1 Å². The molecule has 0 spiro atoms. The molecule has 2 heterocycles. The molecule has 1 aliphatic rings. The van der Waals surface area contributed by atoms with E-state index < -0.39 is 0 Å². The maximum Gasteiger partial charge on any atom is 0.261 e. The molecular formula is C21H28N2O3S. The average Bonchev–Trinajstić information content (AvgIpc) is 3.10. The Hall–Kier alpha value is -1.89. The van der Waals surface area contributed by atoms with Gasteiger partial charge in [-0.1, -0.05) is 19.1 Å². The first-order valence-electron chi connectivity index (χ1n) is 9.45. The summed E-state index contributed by atoms with van der Waals surface area (Å²) in [4.78, 5) is 17.1. The highest BCUT2D eigenvalue weighted by molar-refractivity contribution is 7.14. The third-order valence-electron chi connectivity index (χ3n) is 5.01. The Labute approximate surface area is 165 Å². The van der Waals surface area contributed by atoms with E-state index in [1.807, 2.05) is 18.2 Å². The molecule has 1 aromatic heterocycles. The molecule has 1 atom stereocenters. The van der Waals surface area contributed by atoms with Gasteiger partial charge in [0.25, 0.3) is 5.91 Å². The average molecular weight is 389 g/mol. The van der Waals surface area contributed by atoms with E-state index >= 15 is 0 Å². The van der Waals surface area contributed by atoms with Crippen molar-refractivity contribution in [1.82, 2.24) is 10.2 Å². The highest BCUT2D eigenvalue weighted by Crippen LogP contribution is 2.25. The van der Waals surface area contributed by atoms with Crippen LogP contribution in [0.4, 0.5) is 0 Å². The number of nitrogens with zero attached hydrogens (tertiary/aromatic N) is 1. The van der Waals surface area contributed by atoms with E-state index in [1.165, 1.54) is 16.0 Å². The van der Waals surface area contributed by atoms with Gasteiger partial charge in [-0.25, -0.2) is 0 Å². The SMILES string of the molecule is CCc1sc(C(=O)NC[C@@H](c2ccc(OC)cc2)N2CCOCC2)cc1C.